The third-order valence-corrected chi connectivity index (χ3v) is 3.32. The van der Waals surface area contributed by atoms with Gasteiger partial charge in [-0.2, -0.15) is 22.0 Å². The Hall–Kier alpha value is -1.21. The van der Waals surface area contributed by atoms with Gasteiger partial charge in [-0.3, -0.25) is 0 Å². The Balaban J connectivity index is 3.22. The molecule has 8 heteroatoms. The Bertz CT molecular complexity index is 486. The molecule has 1 rings (SSSR count). The van der Waals surface area contributed by atoms with Gasteiger partial charge in [-0.1, -0.05) is 52.2 Å². The molecule has 0 atom stereocenters. The largest absolute Gasteiger partial charge is 0.459 e. The van der Waals surface area contributed by atoms with E-state index in [9.17, 15) is 22.0 Å². The number of unbranched alkanes of at least 4 members (excludes halogenated alkanes) is 3. The van der Waals surface area contributed by atoms with Gasteiger partial charge in [0.1, 0.15) is 5.69 Å². The first kappa shape index (κ1) is 18.8. The lowest BCUT2D eigenvalue weighted by molar-refractivity contribution is -0.292. The van der Waals surface area contributed by atoms with Crippen molar-refractivity contribution in [1.29, 1.82) is 0 Å². The van der Waals surface area contributed by atoms with E-state index in [0.29, 0.717) is 11.1 Å². The number of aryl methyl sites for hydroxylation is 1. The van der Waals surface area contributed by atoms with Gasteiger partial charge >= 0.3 is 12.1 Å². The van der Waals surface area contributed by atoms with Crippen molar-refractivity contribution in [3.05, 3.63) is 11.4 Å². The summed E-state index contributed by atoms with van der Waals surface area (Å²) >= 11 is 0. The normalized spacial score (nSPS) is 13.7. The highest BCUT2D eigenvalue weighted by Crippen LogP contribution is 2.46. The molecular formula is C14H22F5N3. The average Bonchev–Trinajstić information content (AvgIpc) is 2.77. The zero-order valence-corrected chi connectivity index (χ0v) is 13.3. The van der Waals surface area contributed by atoms with Crippen molar-refractivity contribution in [2.75, 3.05) is 0 Å². The standard InChI is InChI=1S/C14H22F5N3/c1-5-6-7-8-9-22-11(13(15,16)14(17,18)19)10(20-21-22)12(2,3)4/h5-9H2,1-4H3. The molecule has 0 bridgehead atoms. The summed E-state index contributed by atoms with van der Waals surface area (Å²) in [5.74, 6) is -4.97. The van der Waals surface area contributed by atoms with E-state index in [1.165, 1.54) is 20.8 Å². The molecule has 22 heavy (non-hydrogen) atoms. The molecule has 128 valence electrons. The van der Waals surface area contributed by atoms with Crippen LogP contribution in [-0.4, -0.2) is 21.2 Å². The van der Waals surface area contributed by atoms with Crippen LogP contribution in [0.4, 0.5) is 22.0 Å². The van der Waals surface area contributed by atoms with Crippen LogP contribution in [0.5, 0.6) is 0 Å². The number of alkyl halides is 5. The van der Waals surface area contributed by atoms with Gasteiger partial charge in [0.2, 0.25) is 0 Å². The third-order valence-electron chi connectivity index (χ3n) is 3.32. The molecule has 0 aromatic carbocycles. The molecule has 0 saturated carbocycles. The fraction of sp³-hybridized carbons (Fsp3) is 0.857. The molecule has 0 aliphatic heterocycles. The minimum atomic E-state index is -5.67. The van der Waals surface area contributed by atoms with E-state index in [4.69, 9.17) is 0 Å². The second-order valence-corrected chi connectivity index (χ2v) is 6.39. The predicted molar refractivity (Wildman–Crippen MR) is 72.8 cm³/mol. The van der Waals surface area contributed by atoms with Gasteiger partial charge in [-0.05, 0) is 6.42 Å². The molecule has 0 amide bonds. The SMILES string of the molecule is CCCCCCn1nnc(C(C)(C)C)c1C(F)(F)C(F)(F)F. The van der Waals surface area contributed by atoms with E-state index in [2.05, 4.69) is 10.3 Å². The van der Waals surface area contributed by atoms with Crippen molar-refractivity contribution < 1.29 is 22.0 Å². The summed E-state index contributed by atoms with van der Waals surface area (Å²) < 4.78 is 66.8. The molecule has 0 radical (unpaired) electrons. The lowest BCUT2D eigenvalue weighted by Gasteiger charge is -2.25. The number of hydrogen-bond acceptors (Lipinski definition) is 2. The van der Waals surface area contributed by atoms with Crippen molar-refractivity contribution in [3.63, 3.8) is 0 Å². The van der Waals surface area contributed by atoms with Crippen molar-refractivity contribution >= 4 is 0 Å². The Morgan fingerprint density at radius 3 is 2.00 bits per heavy atom. The van der Waals surface area contributed by atoms with Gasteiger partial charge in [0.05, 0.1) is 5.69 Å². The van der Waals surface area contributed by atoms with Crippen LogP contribution in [0.3, 0.4) is 0 Å². The molecule has 0 fully saturated rings. The maximum atomic E-state index is 13.9. The fourth-order valence-corrected chi connectivity index (χ4v) is 2.11. The monoisotopic (exact) mass is 327 g/mol. The molecular weight excluding hydrogens is 305 g/mol. The quantitative estimate of drug-likeness (QED) is 0.554. The molecule has 1 heterocycles. The molecule has 0 aliphatic carbocycles. The van der Waals surface area contributed by atoms with E-state index >= 15 is 0 Å². The summed E-state index contributed by atoms with van der Waals surface area (Å²) in [6.45, 7) is 6.59. The molecule has 3 nitrogen and oxygen atoms in total. The van der Waals surface area contributed by atoms with E-state index in [1.54, 1.807) is 0 Å². The predicted octanol–water partition coefficient (Wildman–Crippen LogP) is 4.81. The minimum absolute atomic E-state index is 0.00405. The summed E-state index contributed by atoms with van der Waals surface area (Å²) in [5, 5.41) is 7.15. The maximum Gasteiger partial charge on any atom is 0.459 e. The van der Waals surface area contributed by atoms with Crippen LogP contribution < -0.4 is 0 Å². The Morgan fingerprint density at radius 2 is 1.55 bits per heavy atom. The Morgan fingerprint density at radius 1 is 0.955 bits per heavy atom. The number of rotatable bonds is 6. The first-order chi connectivity index (χ1) is 9.93. The first-order valence-corrected chi connectivity index (χ1v) is 7.32. The Kier molecular flexibility index (Phi) is 5.56. The van der Waals surface area contributed by atoms with Gasteiger partial charge in [0.25, 0.3) is 0 Å². The van der Waals surface area contributed by atoms with Crippen molar-refractivity contribution in [2.45, 2.75) is 77.4 Å². The second kappa shape index (κ2) is 6.50. The molecule has 0 spiro atoms. The van der Waals surface area contributed by atoms with Crippen molar-refractivity contribution in [3.8, 4) is 0 Å². The van der Waals surface area contributed by atoms with E-state index in [0.717, 1.165) is 19.3 Å². The van der Waals surface area contributed by atoms with Crippen LogP contribution in [0.1, 0.15) is 64.8 Å². The summed E-state index contributed by atoms with van der Waals surface area (Å²) in [5.41, 5.74) is -2.40. The lowest BCUT2D eigenvalue weighted by Crippen LogP contribution is -2.38. The van der Waals surface area contributed by atoms with Crippen molar-refractivity contribution in [2.24, 2.45) is 0 Å². The second-order valence-electron chi connectivity index (χ2n) is 6.39. The third kappa shape index (κ3) is 3.95. The number of aromatic nitrogens is 3. The first-order valence-electron chi connectivity index (χ1n) is 7.32. The van der Waals surface area contributed by atoms with E-state index in [-0.39, 0.29) is 12.2 Å². The lowest BCUT2D eigenvalue weighted by atomic mass is 9.89. The molecule has 0 aliphatic rings. The number of hydrogen-bond donors (Lipinski definition) is 0. The smallest absolute Gasteiger partial charge is 0.243 e. The average molecular weight is 327 g/mol. The summed E-state index contributed by atoms with van der Waals surface area (Å²) in [6.07, 6.45) is -2.60. The minimum Gasteiger partial charge on any atom is -0.243 e. The van der Waals surface area contributed by atoms with Crippen LogP contribution in [0.2, 0.25) is 0 Å². The van der Waals surface area contributed by atoms with Gasteiger partial charge in [0, 0.05) is 12.0 Å². The van der Waals surface area contributed by atoms with Crippen LogP contribution >= 0.6 is 0 Å². The number of halogens is 5. The van der Waals surface area contributed by atoms with Crippen LogP contribution in [0.25, 0.3) is 0 Å². The zero-order chi connectivity index (χ0) is 17.2. The molecule has 1 aromatic heterocycles. The van der Waals surface area contributed by atoms with Gasteiger partial charge in [-0.15, -0.1) is 5.10 Å². The van der Waals surface area contributed by atoms with Crippen molar-refractivity contribution in [1.82, 2.24) is 15.0 Å². The fourth-order valence-electron chi connectivity index (χ4n) is 2.11. The molecule has 0 unspecified atom stereocenters. The zero-order valence-electron chi connectivity index (χ0n) is 13.3. The highest BCUT2D eigenvalue weighted by molar-refractivity contribution is 5.24. The Labute approximate surface area is 126 Å². The highest BCUT2D eigenvalue weighted by Gasteiger charge is 2.62. The van der Waals surface area contributed by atoms with Gasteiger partial charge < -0.3 is 0 Å². The summed E-state index contributed by atoms with van der Waals surface area (Å²) in [4.78, 5) is 0. The van der Waals surface area contributed by atoms with Crippen LogP contribution in [0, 0.1) is 0 Å². The van der Waals surface area contributed by atoms with E-state index in [1.807, 2.05) is 6.92 Å². The maximum absolute atomic E-state index is 13.9. The molecule has 0 saturated heterocycles. The van der Waals surface area contributed by atoms with Gasteiger partial charge in [0.15, 0.2) is 0 Å². The molecule has 1 aromatic rings. The highest BCUT2D eigenvalue weighted by atomic mass is 19.4. The van der Waals surface area contributed by atoms with Crippen LogP contribution in [-0.2, 0) is 17.9 Å². The number of nitrogens with zero attached hydrogens (tertiary/aromatic N) is 3. The van der Waals surface area contributed by atoms with Gasteiger partial charge in [-0.25, -0.2) is 4.68 Å². The molecule has 0 N–H and O–H groups in total. The topological polar surface area (TPSA) is 30.7 Å². The summed E-state index contributed by atoms with van der Waals surface area (Å²) in [6, 6.07) is 0. The van der Waals surface area contributed by atoms with Crippen LogP contribution in [0.15, 0.2) is 0 Å². The summed E-state index contributed by atoms with van der Waals surface area (Å²) in [7, 11) is 0. The van der Waals surface area contributed by atoms with E-state index < -0.39 is 23.2 Å².